The number of carbonyl (C=O) groups excluding carboxylic acids is 1. The maximum absolute atomic E-state index is 12.2. The Bertz CT molecular complexity index is 677. The van der Waals surface area contributed by atoms with Crippen molar-refractivity contribution in [1.29, 1.82) is 0 Å². The van der Waals surface area contributed by atoms with Crippen LogP contribution in [0.3, 0.4) is 0 Å². The quantitative estimate of drug-likeness (QED) is 0.122. The molecule has 1 rings (SSSR count). The Morgan fingerprint density at radius 1 is 0.892 bits per heavy atom. The van der Waals surface area contributed by atoms with Crippen molar-refractivity contribution in [2.45, 2.75) is 123 Å². The number of hydrogen-bond donors (Lipinski definition) is 2. The zero-order valence-corrected chi connectivity index (χ0v) is 25.0. The average molecular weight is 537 g/mol. The van der Waals surface area contributed by atoms with Crippen LogP contribution in [0, 0.1) is 0 Å². The van der Waals surface area contributed by atoms with Crippen molar-refractivity contribution in [3.63, 3.8) is 0 Å². The molecule has 1 aromatic rings. The van der Waals surface area contributed by atoms with E-state index in [2.05, 4.69) is 68.6 Å². The largest absolute Gasteiger partial charge is 1.00 e. The number of nitrogens with zero attached hydrogens (tertiary/aromatic N) is 1. The molecule has 5 heteroatoms. The number of hydrogen-bond acceptors (Lipinski definition) is 2. The lowest BCUT2D eigenvalue weighted by atomic mass is 10.1. The maximum Gasteiger partial charge on any atom is 0.219 e. The molecule has 0 bridgehead atoms. The van der Waals surface area contributed by atoms with Crippen LogP contribution >= 0.6 is 0 Å². The van der Waals surface area contributed by atoms with E-state index in [0.29, 0.717) is 6.42 Å². The molecule has 0 radical (unpaired) electrons. The summed E-state index contributed by atoms with van der Waals surface area (Å²) in [6.45, 7) is 12.0. The molecule has 2 N–H and O–H groups in total. The Labute approximate surface area is 235 Å². The summed E-state index contributed by atoms with van der Waals surface area (Å²) in [5, 5.41) is 13.1. The zero-order valence-electron chi connectivity index (χ0n) is 24.2. The highest BCUT2D eigenvalue weighted by Gasteiger charge is 2.23. The van der Waals surface area contributed by atoms with E-state index in [1.54, 1.807) is 0 Å². The summed E-state index contributed by atoms with van der Waals surface area (Å²) in [5.74, 6) is 0.209. The molecule has 4 nitrogen and oxygen atoms in total. The topological polar surface area (TPSA) is 49.3 Å². The minimum atomic E-state index is -0.168. The first-order valence-electron chi connectivity index (χ1n) is 15.0. The van der Waals surface area contributed by atoms with E-state index in [4.69, 9.17) is 0 Å². The number of aliphatic hydroxyl groups excluding tert-OH is 1. The first-order chi connectivity index (χ1) is 17.5. The lowest BCUT2D eigenvalue weighted by molar-refractivity contribution is -0.937. The third-order valence-corrected chi connectivity index (χ3v) is 7.57. The van der Waals surface area contributed by atoms with Crippen molar-refractivity contribution in [3.05, 3.63) is 48.0 Å². The van der Waals surface area contributed by atoms with Crippen LogP contribution in [0.1, 0.15) is 116 Å². The second kappa shape index (κ2) is 23.7. The Morgan fingerprint density at radius 3 is 2.27 bits per heavy atom. The number of nitrogens with one attached hydrogen (secondary N) is 1. The van der Waals surface area contributed by atoms with Crippen LogP contribution in [0.5, 0.6) is 0 Å². The number of unbranched alkanes of at least 4 members (excludes halogenated alkanes) is 8. The van der Waals surface area contributed by atoms with Gasteiger partial charge in [0.25, 0.3) is 0 Å². The van der Waals surface area contributed by atoms with Gasteiger partial charge in [0.15, 0.2) is 0 Å². The van der Waals surface area contributed by atoms with Gasteiger partial charge in [-0.15, -0.1) is 0 Å². The first kappa shape index (κ1) is 35.6. The molecule has 0 fully saturated rings. The number of carbonyl (C=O) groups is 1. The second-order valence-corrected chi connectivity index (χ2v) is 10.6. The zero-order chi connectivity index (χ0) is 26.3. The molecule has 0 aliphatic carbocycles. The highest BCUT2D eigenvalue weighted by molar-refractivity contribution is 5.75. The maximum atomic E-state index is 12.2. The van der Waals surface area contributed by atoms with E-state index >= 15 is 0 Å². The Kier molecular flexibility index (Phi) is 22.9. The van der Waals surface area contributed by atoms with Crippen LogP contribution in [-0.2, 0) is 11.3 Å². The molecule has 1 atom stereocenters. The predicted molar refractivity (Wildman–Crippen MR) is 155 cm³/mol. The van der Waals surface area contributed by atoms with Gasteiger partial charge in [0, 0.05) is 24.9 Å². The fourth-order valence-electron chi connectivity index (χ4n) is 4.92. The van der Waals surface area contributed by atoms with Gasteiger partial charge in [-0.3, -0.25) is 4.79 Å². The van der Waals surface area contributed by atoms with Crippen LogP contribution in [0.15, 0.2) is 42.5 Å². The molecule has 0 aliphatic rings. The number of amides is 1. The molecule has 0 spiro atoms. The number of aliphatic hydroxyl groups is 1. The predicted octanol–water partition coefficient (Wildman–Crippen LogP) is 4.56. The van der Waals surface area contributed by atoms with Gasteiger partial charge in [-0.25, -0.2) is 0 Å². The summed E-state index contributed by atoms with van der Waals surface area (Å²) in [7, 11) is 0. The van der Waals surface area contributed by atoms with E-state index < -0.39 is 0 Å². The SMILES string of the molecule is CCCCCCC(O)C/C=C\CCCCCCCC(=O)NCCC[N+](CC)(CC)Cc1ccccc1.[Cl-]. The van der Waals surface area contributed by atoms with Gasteiger partial charge < -0.3 is 27.3 Å². The second-order valence-electron chi connectivity index (χ2n) is 10.6. The van der Waals surface area contributed by atoms with Crippen LogP contribution in [-0.4, -0.2) is 47.8 Å². The summed E-state index contributed by atoms with van der Waals surface area (Å²) in [6.07, 6.45) is 19.4. The van der Waals surface area contributed by atoms with Gasteiger partial charge in [-0.1, -0.05) is 94.4 Å². The van der Waals surface area contributed by atoms with Crippen molar-refractivity contribution >= 4 is 5.91 Å². The molecule has 0 saturated carbocycles. The third-order valence-electron chi connectivity index (χ3n) is 7.57. The molecule has 0 saturated heterocycles. The standard InChI is InChI=1S/C32H56N2O2.ClH/c1-4-7-8-18-24-31(35)25-19-13-11-9-10-12-14-20-26-32(36)33-27-21-28-34(5-2,6-3)29-30-22-16-15-17-23-30;/h13,15-17,19,22-23,31,35H,4-12,14,18,20-21,24-29H2,1-3H3;1H/b19-13-;. The summed E-state index contributed by atoms with van der Waals surface area (Å²) in [4.78, 5) is 12.2. The van der Waals surface area contributed by atoms with Crippen molar-refractivity contribution in [3.8, 4) is 0 Å². The molecule has 1 aromatic carbocycles. The molecule has 0 aromatic heterocycles. The van der Waals surface area contributed by atoms with Crippen molar-refractivity contribution in [1.82, 2.24) is 5.32 Å². The van der Waals surface area contributed by atoms with Gasteiger partial charge >= 0.3 is 0 Å². The van der Waals surface area contributed by atoms with Crippen molar-refractivity contribution < 1.29 is 26.8 Å². The van der Waals surface area contributed by atoms with E-state index in [1.807, 2.05) is 0 Å². The van der Waals surface area contributed by atoms with Gasteiger partial charge in [0.05, 0.1) is 25.7 Å². The summed E-state index contributed by atoms with van der Waals surface area (Å²) in [6, 6.07) is 10.8. The van der Waals surface area contributed by atoms with Gasteiger partial charge in [0.1, 0.15) is 6.54 Å². The van der Waals surface area contributed by atoms with Crippen molar-refractivity contribution in [2.75, 3.05) is 26.2 Å². The Morgan fingerprint density at radius 2 is 1.57 bits per heavy atom. The average Bonchev–Trinajstić information content (AvgIpc) is 2.90. The first-order valence-corrected chi connectivity index (χ1v) is 15.0. The van der Waals surface area contributed by atoms with Crippen LogP contribution in [0.4, 0.5) is 0 Å². The molecular formula is C32H57ClN2O2. The molecule has 37 heavy (non-hydrogen) atoms. The Hall–Kier alpha value is -1.36. The highest BCUT2D eigenvalue weighted by Crippen LogP contribution is 2.15. The molecule has 0 aliphatic heterocycles. The molecular weight excluding hydrogens is 480 g/mol. The number of quaternary nitrogens is 1. The summed E-state index contributed by atoms with van der Waals surface area (Å²) < 4.78 is 1.08. The molecule has 1 unspecified atom stereocenters. The van der Waals surface area contributed by atoms with Crippen molar-refractivity contribution in [2.24, 2.45) is 0 Å². The van der Waals surface area contributed by atoms with Crippen LogP contribution < -0.4 is 17.7 Å². The molecule has 214 valence electrons. The van der Waals surface area contributed by atoms with E-state index in [0.717, 1.165) is 82.2 Å². The minimum absolute atomic E-state index is 0. The minimum Gasteiger partial charge on any atom is -1.00 e. The third kappa shape index (κ3) is 18.5. The number of rotatable bonds is 23. The van der Waals surface area contributed by atoms with E-state index in [9.17, 15) is 9.90 Å². The number of halogens is 1. The van der Waals surface area contributed by atoms with Gasteiger partial charge in [-0.05, 0) is 46.0 Å². The van der Waals surface area contributed by atoms with Crippen LogP contribution in [0.25, 0.3) is 0 Å². The van der Waals surface area contributed by atoms with Gasteiger partial charge in [-0.2, -0.15) is 0 Å². The van der Waals surface area contributed by atoms with E-state index in [1.165, 1.54) is 44.1 Å². The number of benzene rings is 1. The normalized spacial score (nSPS) is 12.4. The van der Waals surface area contributed by atoms with Crippen LogP contribution in [0.2, 0.25) is 0 Å². The smallest absolute Gasteiger partial charge is 0.219 e. The summed E-state index contributed by atoms with van der Waals surface area (Å²) >= 11 is 0. The molecule has 0 heterocycles. The highest BCUT2D eigenvalue weighted by atomic mass is 35.5. The lowest BCUT2D eigenvalue weighted by Crippen LogP contribution is -3.00. The summed E-state index contributed by atoms with van der Waals surface area (Å²) in [5.41, 5.74) is 1.40. The number of allylic oxidation sites excluding steroid dienone is 1. The molecule has 1 amide bonds. The fourth-order valence-corrected chi connectivity index (χ4v) is 4.92. The lowest BCUT2D eigenvalue weighted by Gasteiger charge is -2.37. The van der Waals surface area contributed by atoms with E-state index in [-0.39, 0.29) is 24.4 Å². The monoisotopic (exact) mass is 536 g/mol. The fraction of sp³-hybridized carbons (Fsp3) is 0.719. The Balaban J connectivity index is 0.0000130. The van der Waals surface area contributed by atoms with Gasteiger partial charge in [0.2, 0.25) is 5.91 Å².